The zero-order chi connectivity index (χ0) is 22.1. The smallest absolute Gasteiger partial charge is 0.229 e. The van der Waals surface area contributed by atoms with E-state index in [1.807, 2.05) is 0 Å². The molecule has 4 N–H and O–H groups in total. The summed E-state index contributed by atoms with van der Waals surface area (Å²) in [6.45, 7) is 0.118. The first kappa shape index (κ1) is 21.3. The van der Waals surface area contributed by atoms with Gasteiger partial charge in [0.25, 0.3) is 0 Å². The molecule has 31 heavy (non-hydrogen) atoms. The van der Waals surface area contributed by atoms with Crippen molar-refractivity contribution in [2.24, 2.45) is 34.6 Å². The van der Waals surface area contributed by atoms with Gasteiger partial charge >= 0.3 is 0 Å². The number of nitroso groups, excluding NO2 is 1. The van der Waals surface area contributed by atoms with Gasteiger partial charge in [-0.25, -0.2) is 9.37 Å². The Hall–Kier alpha value is -2.95. The van der Waals surface area contributed by atoms with Crippen molar-refractivity contribution in [3.63, 3.8) is 0 Å². The Bertz CT molecular complexity index is 1020. The molecule has 164 valence electrons. The molecule has 2 fully saturated rings. The van der Waals surface area contributed by atoms with Gasteiger partial charge < -0.3 is 11.1 Å². The summed E-state index contributed by atoms with van der Waals surface area (Å²) in [6, 6.07) is -0.379. The molecule has 10 nitrogen and oxygen atoms in total. The van der Waals surface area contributed by atoms with Gasteiger partial charge in [-0.2, -0.15) is 10.1 Å². The van der Waals surface area contributed by atoms with Crippen LogP contribution in [0.5, 0.6) is 0 Å². The molecule has 0 radical (unpaired) electrons. The van der Waals surface area contributed by atoms with Crippen LogP contribution in [0.25, 0.3) is 0 Å². The molecule has 2 aliphatic carbocycles. The number of hydrogen-bond donors (Lipinski definition) is 3. The number of carbonyl (C=O) groups excluding carboxylic acids is 2. The molecule has 1 amide bonds. The van der Waals surface area contributed by atoms with E-state index in [9.17, 15) is 18.9 Å². The molecule has 2 saturated carbocycles. The van der Waals surface area contributed by atoms with E-state index in [0.29, 0.717) is 12.8 Å². The lowest BCUT2D eigenvalue weighted by Gasteiger charge is -2.35. The minimum Gasteiger partial charge on any atom is -0.369 e. The lowest BCUT2D eigenvalue weighted by atomic mass is 9.76. The van der Waals surface area contributed by atoms with Crippen LogP contribution in [0.4, 0.5) is 15.9 Å². The normalized spacial score (nSPS) is 26.7. The molecule has 0 aromatic carbocycles. The Morgan fingerprint density at radius 1 is 1.42 bits per heavy atom. The summed E-state index contributed by atoms with van der Waals surface area (Å²) >= 11 is 5.79. The maximum absolute atomic E-state index is 14.1. The van der Waals surface area contributed by atoms with E-state index in [2.05, 4.69) is 25.6 Å². The highest BCUT2D eigenvalue weighted by atomic mass is 35.5. The van der Waals surface area contributed by atoms with Crippen molar-refractivity contribution in [2.45, 2.75) is 38.3 Å². The number of primary amides is 1. The third-order valence-corrected chi connectivity index (χ3v) is 6.58. The molecule has 0 aliphatic heterocycles. The maximum atomic E-state index is 14.1. The SMILES string of the molecule is NC(=O)[C@H]1[C@@H]2C[C@@H](CCC(=O)C[n+]3cc(N=O)c[nH]3)[C@@H](C2)[C@H]1Nc1nc(Cl)ncc1F. The number of rotatable bonds is 9. The average Bonchev–Trinajstić information content (AvgIpc) is 3.43. The van der Waals surface area contributed by atoms with Crippen LogP contribution in [0, 0.1) is 34.4 Å². The van der Waals surface area contributed by atoms with Crippen LogP contribution >= 0.6 is 11.6 Å². The second-order valence-electron chi connectivity index (χ2n) is 8.21. The van der Waals surface area contributed by atoms with Gasteiger partial charge in [-0.1, -0.05) is 0 Å². The first-order valence-corrected chi connectivity index (χ1v) is 10.4. The number of anilines is 1. The molecule has 0 saturated heterocycles. The highest BCUT2D eigenvalue weighted by Gasteiger charge is 2.54. The first-order valence-electron chi connectivity index (χ1n) is 10.0. The predicted molar refractivity (Wildman–Crippen MR) is 107 cm³/mol. The summed E-state index contributed by atoms with van der Waals surface area (Å²) < 4.78 is 15.6. The number of carbonyl (C=O) groups is 2. The molecule has 4 rings (SSSR count). The summed E-state index contributed by atoms with van der Waals surface area (Å²) in [7, 11) is 0. The van der Waals surface area contributed by atoms with Crippen molar-refractivity contribution >= 4 is 34.8 Å². The van der Waals surface area contributed by atoms with Gasteiger partial charge in [0.1, 0.15) is 0 Å². The molecule has 2 aromatic rings. The van der Waals surface area contributed by atoms with Crippen molar-refractivity contribution < 1.29 is 18.7 Å². The van der Waals surface area contributed by atoms with E-state index >= 15 is 0 Å². The van der Waals surface area contributed by atoms with Gasteiger partial charge in [-0.15, -0.1) is 9.59 Å². The topological polar surface area (TPSA) is 147 Å². The average molecular weight is 451 g/mol. The van der Waals surface area contributed by atoms with Gasteiger partial charge in [0, 0.05) is 12.5 Å². The number of halogens is 2. The van der Waals surface area contributed by atoms with E-state index in [1.54, 1.807) is 0 Å². The van der Waals surface area contributed by atoms with E-state index in [1.165, 1.54) is 17.1 Å². The zero-order valence-corrected chi connectivity index (χ0v) is 17.3. The fourth-order valence-corrected chi connectivity index (χ4v) is 5.31. The summed E-state index contributed by atoms with van der Waals surface area (Å²) in [5.41, 5.74) is 5.87. The molecule has 0 spiro atoms. The molecule has 2 heterocycles. The van der Waals surface area contributed by atoms with Crippen molar-refractivity contribution in [2.75, 3.05) is 5.32 Å². The second kappa shape index (κ2) is 8.66. The number of nitrogens with two attached hydrogens (primary N) is 1. The molecule has 2 aromatic heterocycles. The van der Waals surface area contributed by atoms with E-state index in [0.717, 1.165) is 19.0 Å². The van der Waals surface area contributed by atoms with E-state index < -0.39 is 17.6 Å². The minimum absolute atomic E-state index is 0.0108. The zero-order valence-electron chi connectivity index (χ0n) is 16.5. The number of ketones is 1. The number of Topliss-reactive ketones (excluding diaryl/α,β-unsaturated/α-hetero) is 1. The largest absolute Gasteiger partial charge is 0.369 e. The van der Waals surface area contributed by atoms with Crippen LogP contribution in [0.2, 0.25) is 5.28 Å². The number of nitrogens with zero attached hydrogens (tertiary/aromatic N) is 4. The van der Waals surface area contributed by atoms with Crippen molar-refractivity contribution in [3.05, 3.63) is 34.6 Å². The Balaban J connectivity index is 1.41. The molecular formula is C19H22ClFN7O3+. The van der Waals surface area contributed by atoms with Gasteiger partial charge in [-0.05, 0) is 53.8 Å². The van der Waals surface area contributed by atoms with Crippen LogP contribution < -0.4 is 15.7 Å². The third kappa shape index (κ3) is 4.41. The monoisotopic (exact) mass is 450 g/mol. The fourth-order valence-electron chi connectivity index (χ4n) is 5.18. The number of fused-ring (bicyclic) bond motifs is 2. The Morgan fingerprint density at radius 2 is 2.23 bits per heavy atom. The van der Waals surface area contributed by atoms with Crippen LogP contribution in [0.1, 0.15) is 25.7 Å². The van der Waals surface area contributed by atoms with Crippen LogP contribution in [0.3, 0.4) is 0 Å². The maximum Gasteiger partial charge on any atom is 0.229 e. The lowest BCUT2D eigenvalue weighted by molar-refractivity contribution is -0.738. The quantitative estimate of drug-likeness (QED) is 0.302. The highest BCUT2D eigenvalue weighted by molar-refractivity contribution is 6.28. The number of H-pyrrole nitrogens is 1. The fraction of sp³-hybridized carbons (Fsp3) is 0.526. The lowest BCUT2D eigenvalue weighted by Crippen LogP contribution is -2.45. The van der Waals surface area contributed by atoms with Gasteiger partial charge in [-0.3, -0.25) is 9.59 Å². The number of aromatic nitrogens is 4. The standard InChI is InChI=1S/C19H21ClFN7O3/c20-19-23-6-14(21)18(26-19)25-16-13-4-10(15(16)17(22)30)3-9(13)1-2-12(29)8-28-7-11(27-31)5-24-28/h5-7,9-10,13,15-16H,1-4,8H2,(H3,22,23,25,26,30)/p+1/t9-,10-,13-,15+,16-/m1/s1. The number of amides is 1. The van der Waals surface area contributed by atoms with Crippen molar-refractivity contribution in [1.82, 2.24) is 15.1 Å². The third-order valence-electron chi connectivity index (χ3n) is 6.40. The Morgan fingerprint density at radius 3 is 2.94 bits per heavy atom. The summed E-state index contributed by atoms with van der Waals surface area (Å²) in [6.07, 6.45) is 6.46. The van der Waals surface area contributed by atoms with Crippen molar-refractivity contribution in [3.8, 4) is 0 Å². The minimum atomic E-state index is -0.658. The molecule has 5 atom stereocenters. The van der Waals surface area contributed by atoms with Gasteiger partial charge in [0.15, 0.2) is 23.1 Å². The van der Waals surface area contributed by atoms with Crippen LogP contribution in [-0.4, -0.2) is 32.8 Å². The number of aromatic amines is 1. The summed E-state index contributed by atoms with van der Waals surface area (Å²) in [5.74, 6) is -1.22. The van der Waals surface area contributed by atoms with Crippen LogP contribution in [0.15, 0.2) is 23.8 Å². The summed E-state index contributed by atoms with van der Waals surface area (Å²) in [4.78, 5) is 42.5. The molecule has 12 heteroatoms. The first-order chi connectivity index (χ1) is 14.9. The molecular weight excluding hydrogens is 429 g/mol. The molecule has 2 aliphatic rings. The molecule has 0 unspecified atom stereocenters. The van der Waals surface area contributed by atoms with E-state index in [4.69, 9.17) is 17.3 Å². The van der Waals surface area contributed by atoms with Crippen molar-refractivity contribution in [1.29, 1.82) is 0 Å². The summed E-state index contributed by atoms with van der Waals surface area (Å²) in [5, 5.41) is 8.53. The number of nitrogens with one attached hydrogen (secondary N) is 2. The molecule has 2 bridgehead atoms. The van der Waals surface area contributed by atoms with Gasteiger partial charge in [0.2, 0.25) is 23.9 Å². The Labute approximate surface area is 181 Å². The Kier molecular flexibility index (Phi) is 5.94. The van der Waals surface area contributed by atoms with E-state index in [-0.39, 0.29) is 52.9 Å². The van der Waals surface area contributed by atoms with Gasteiger partial charge in [0.05, 0.1) is 18.3 Å². The number of hydrogen-bond acceptors (Lipinski definition) is 7. The predicted octanol–water partition coefficient (Wildman–Crippen LogP) is 1.87. The van der Waals surface area contributed by atoms with Crippen LogP contribution in [-0.2, 0) is 16.1 Å². The second-order valence-corrected chi connectivity index (χ2v) is 8.55. The highest BCUT2D eigenvalue weighted by Crippen LogP contribution is 2.54.